The maximum atomic E-state index is 12.9. The fourth-order valence-electron chi connectivity index (χ4n) is 4.18. The predicted octanol–water partition coefficient (Wildman–Crippen LogP) is 2.29. The number of aromatic nitrogens is 4. The monoisotopic (exact) mass is 395 g/mol. The number of rotatable bonds is 5. The maximum absolute atomic E-state index is 12.9. The van der Waals surface area contributed by atoms with Crippen LogP contribution in [0, 0.1) is 0 Å². The van der Waals surface area contributed by atoms with Gasteiger partial charge in [-0.15, -0.1) is 5.10 Å². The first kappa shape index (κ1) is 18.0. The van der Waals surface area contributed by atoms with Gasteiger partial charge in [-0.2, -0.15) is 0 Å². The van der Waals surface area contributed by atoms with Crippen molar-refractivity contribution in [1.82, 2.24) is 25.1 Å². The van der Waals surface area contributed by atoms with E-state index in [4.69, 9.17) is 4.74 Å². The molecule has 0 N–H and O–H groups in total. The number of nitrogens with zero attached hydrogens (tertiary/aromatic N) is 5. The molecule has 29 heavy (non-hydrogen) atoms. The van der Waals surface area contributed by atoms with Gasteiger partial charge in [0.05, 0.1) is 22.7 Å². The highest BCUT2D eigenvalue weighted by atomic mass is 16.5. The van der Waals surface area contributed by atoms with Crippen LogP contribution in [-0.2, 0) is 11.3 Å². The third-order valence-electron chi connectivity index (χ3n) is 5.88. The number of amides is 2. The summed E-state index contributed by atoms with van der Waals surface area (Å²) in [4.78, 5) is 39.5. The summed E-state index contributed by atoms with van der Waals surface area (Å²) >= 11 is 0. The van der Waals surface area contributed by atoms with Crippen molar-refractivity contribution in [3.8, 4) is 0 Å². The summed E-state index contributed by atoms with van der Waals surface area (Å²) < 4.78 is 7.02. The Morgan fingerprint density at radius 3 is 2.52 bits per heavy atom. The largest absolute Gasteiger partial charge is 0.454 e. The fourth-order valence-corrected chi connectivity index (χ4v) is 4.18. The Morgan fingerprint density at radius 1 is 1.00 bits per heavy atom. The summed E-state index contributed by atoms with van der Waals surface area (Å²) in [6.07, 6.45) is 6.91. The molecule has 9 nitrogen and oxygen atoms in total. The van der Waals surface area contributed by atoms with Gasteiger partial charge < -0.3 is 4.74 Å². The molecular formula is C20H21N5O4. The van der Waals surface area contributed by atoms with Gasteiger partial charge >= 0.3 is 5.97 Å². The van der Waals surface area contributed by atoms with Crippen LogP contribution in [0.3, 0.4) is 0 Å². The summed E-state index contributed by atoms with van der Waals surface area (Å²) in [7, 11) is 0. The van der Waals surface area contributed by atoms with E-state index < -0.39 is 5.97 Å². The normalized spacial score (nSPS) is 19.5. The Labute approximate surface area is 167 Å². The summed E-state index contributed by atoms with van der Waals surface area (Å²) in [5, 5.41) is 11.5. The van der Waals surface area contributed by atoms with Gasteiger partial charge in [-0.1, -0.05) is 19.3 Å². The molecule has 5 rings (SSSR count). The first-order valence-corrected chi connectivity index (χ1v) is 10.1. The van der Waals surface area contributed by atoms with Crippen LogP contribution in [0.2, 0.25) is 0 Å². The first-order valence-electron chi connectivity index (χ1n) is 10.1. The third kappa shape index (κ3) is 3.20. The molecule has 3 aliphatic rings. The summed E-state index contributed by atoms with van der Waals surface area (Å²) in [5.41, 5.74) is 0.869. The molecule has 0 radical (unpaired) electrons. The van der Waals surface area contributed by atoms with Gasteiger partial charge in [-0.05, 0) is 54.3 Å². The lowest BCUT2D eigenvalue weighted by Gasteiger charge is -2.29. The van der Waals surface area contributed by atoms with E-state index in [-0.39, 0.29) is 41.6 Å². The van der Waals surface area contributed by atoms with Crippen LogP contribution in [0.1, 0.15) is 87.9 Å². The SMILES string of the molecule is O=C(OCc1nnnn1C1CC1)c1ccc2c(c1)C(=O)N(C1CCCCC1)C2=O. The smallest absolute Gasteiger partial charge is 0.338 e. The molecular weight excluding hydrogens is 374 g/mol. The van der Waals surface area contributed by atoms with Gasteiger partial charge in [0.25, 0.3) is 11.8 Å². The van der Waals surface area contributed by atoms with E-state index in [0.29, 0.717) is 11.4 Å². The molecule has 2 saturated carbocycles. The number of imide groups is 1. The quantitative estimate of drug-likeness (QED) is 0.565. The van der Waals surface area contributed by atoms with Crippen molar-refractivity contribution in [3.05, 3.63) is 40.7 Å². The van der Waals surface area contributed by atoms with Gasteiger partial charge in [0.2, 0.25) is 0 Å². The molecule has 2 aromatic rings. The Kier molecular flexibility index (Phi) is 4.37. The van der Waals surface area contributed by atoms with E-state index in [0.717, 1.165) is 44.9 Å². The zero-order valence-corrected chi connectivity index (χ0v) is 15.9. The van der Waals surface area contributed by atoms with E-state index in [2.05, 4.69) is 15.5 Å². The average Bonchev–Trinajstić information content (AvgIpc) is 3.43. The second-order valence-electron chi connectivity index (χ2n) is 7.88. The number of carbonyl (C=O) groups excluding carboxylic acids is 3. The Hall–Kier alpha value is -3.10. The number of benzene rings is 1. The van der Waals surface area contributed by atoms with Crippen LogP contribution in [0.4, 0.5) is 0 Å². The van der Waals surface area contributed by atoms with Crippen LogP contribution < -0.4 is 0 Å². The third-order valence-corrected chi connectivity index (χ3v) is 5.88. The molecule has 1 aromatic heterocycles. The van der Waals surface area contributed by atoms with Crippen LogP contribution >= 0.6 is 0 Å². The molecule has 1 aliphatic heterocycles. The maximum Gasteiger partial charge on any atom is 0.338 e. The van der Waals surface area contributed by atoms with Gasteiger partial charge in [-0.25, -0.2) is 9.48 Å². The topological polar surface area (TPSA) is 107 Å². The minimum Gasteiger partial charge on any atom is -0.454 e. The first-order chi connectivity index (χ1) is 14.1. The van der Waals surface area contributed by atoms with Gasteiger partial charge in [0, 0.05) is 6.04 Å². The number of ether oxygens (including phenoxy) is 1. The van der Waals surface area contributed by atoms with E-state index in [1.54, 1.807) is 10.7 Å². The standard InChI is InChI=1S/C20H21N5O4/c26-18-15-9-6-12(10-16(15)19(27)24(18)13-4-2-1-3-5-13)20(28)29-11-17-21-22-23-25(17)14-7-8-14/h6,9-10,13-14H,1-5,7-8,11H2. The second-order valence-corrected chi connectivity index (χ2v) is 7.88. The number of hydrogen-bond acceptors (Lipinski definition) is 7. The van der Waals surface area contributed by atoms with Crippen molar-refractivity contribution >= 4 is 17.8 Å². The molecule has 0 bridgehead atoms. The minimum absolute atomic E-state index is 0.0412. The minimum atomic E-state index is -0.575. The summed E-state index contributed by atoms with van der Waals surface area (Å²) in [6, 6.07) is 4.77. The highest BCUT2D eigenvalue weighted by Crippen LogP contribution is 2.34. The van der Waals surface area contributed by atoms with Crippen molar-refractivity contribution in [1.29, 1.82) is 0 Å². The molecule has 0 atom stereocenters. The molecule has 0 saturated heterocycles. The Morgan fingerprint density at radius 2 is 1.76 bits per heavy atom. The van der Waals surface area contributed by atoms with Gasteiger partial charge in [0.15, 0.2) is 12.4 Å². The van der Waals surface area contributed by atoms with E-state index in [9.17, 15) is 14.4 Å². The zero-order chi connectivity index (χ0) is 20.0. The number of esters is 1. The molecule has 2 fully saturated rings. The Bertz CT molecular complexity index is 991. The molecule has 2 amide bonds. The van der Waals surface area contributed by atoms with E-state index >= 15 is 0 Å². The highest BCUT2D eigenvalue weighted by molar-refractivity contribution is 6.22. The lowest BCUT2D eigenvalue weighted by Crippen LogP contribution is -2.40. The van der Waals surface area contributed by atoms with E-state index in [1.807, 2.05) is 0 Å². The van der Waals surface area contributed by atoms with Crippen molar-refractivity contribution in [2.45, 2.75) is 63.6 Å². The average molecular weight is 395 g/mol. The lowest BCUT2D eigenvalue weighted by molar-refractivity contribution is 0.0455. The number of hydrogen-bond donors (Lipinski definition) is 0. The summed E-state index contributed by atoms with van der Waals surface area (Å²) in [6.45, 7) is -0.0412. The predicted molar refractivity (Wildman–Crippen MR) is 99.0 cm³/mol. The van der Waals surface area contributed by atoms with Crippen LogP contribution in [0.5, 0.6) is 0 Å². The molecule has 2 aliphatic carbocycles. The number of carbonyl (C=O) groups is 3. The van der Waals surface area contributed by atoms with Crippen LogP contribution in [0.25, 0.3) is 0 Å². The number of fused-ring (bicyclic) bond motifs is 1. The van der Waals surface area contributed by atoms with Gasteiger partial charge in [0.1, 0.15) is 0 Å². The van der Waals surface area contributed by atoms with Crippen molar-refractivity contribution in [3.63, 3.8) is 0 Å². The van der Waals surface area contributed by atoms with Gasteiger partial charge in [-0.3, -0.25) is 14.5 Å². The zero-order valence-electron chi connectivity index (χ0n) is 15.9. The molecule has 150 valence electrons. The van der Waals surface area contributed by atoms with Crippen LogP contribution in [-0.4, -0.2) is 48.9 Å². The highest BCUT2D eigenvalue weighted by Gasteiger charge is 2.40. The number of tetrazole rings is 1. The molecule has 9 heteroatoms. The summed E-state index contributed by atoms with van der Waals surface area (Å²) in [5.74, 6) is -0.657. The molecule has 1 aromatic carbocycles. The van der Waals surface area contributed by atoms with E-state index in [1.165, 1.54) is 17.0 Å². The lowest BCUT2D eigenvalue weighted by atomic mass is 9.94. The van der Waals surface area contributed by atoms with Crippen LogP contribution in [0.15, 0.2) is 18.2 Å². The molecule has 2 heterocycles. The van der Waals surface area contributed by atoms with Crippen molar-refractivity contribution in [2.75, 3.05) is 0 Å². The molecule has 0 spiro atoms. The molecule has 0 unspecified atom stereocenters. The fraction of sp³-hybridized carbons (Fsp3) is 0.500. The van der Waals surface area contributed by atoms with Crippen molar-refractivity contribution < 1.29 is 19.1 Å². The second kappa shape index (κ2) is 7.06. The van der Waals surface area contributed by atoms with Crippen molar-refractivity contribution in [2.24, 2.45) is 0 Å². The Balaban J connectivity index is 1.31.